The summed E-state index contributed by atoms with van der Waals surface area (Å²) in [5.74, 6) is -0.998. The van der Waals surface area contributed by atoms with Gasteiger partial charge in [-0.1, -0.05) is 43.3 Å². The molecule has 0 radical (unpaired) electrons. The summed E-state index contributed by atoms with van der Waals surface area (Å²) in [6.45, 7) is 3.50. The third-order valence-electron chi connectivity index (χ3n) is 4.39. The van der Waals surface area contributed by atoms with E-state index in [0.29, 0.717) is 11.3 Å². The molecule has 1 heterocycles. The monoisotopic (exact) mass is 392 g/mol. The standard InChI is InChI=1S/C21H20N4O4/c1-3-15(23-24-18(26)14-10-5-4-6-11-14)17-19(27)22-21(29)25(20(17)28)16-12-8-7-9-13(16)2/h4-12,28H,3H2,1-2H3,(H,24,26)(H,22,27,29). The van der Waals surface area contributed by atoms with E-state index < -0.39 is 23.0 Å². The number of nitrogens with zero attached hydrogens (tertiary/aromatic N) is 2. The van der Waals surface area contributed by atoms with E-state index in [0.717, 1.165) is 10.1 Å². The topological polar surface area (TPSA) is 117 Å². The predicted molar refractivity (Wildman–Crippen MR) is 110 cm³/mol. The van der Waals surface area contributed by atoms with Crippen LogP contribution in [0.2, 0.25) is 0 Å². The highest BCUT2D eigenvalue weighted by atomic mass is 16.3. The zero-order valence-electron chi connectivity index (χ0n) is 16.0. The van der Waals surface area contributed by atoms with Crippen LogP contribution in [0.3, 0.4) is 0 Å². The zero-order valence-corrected chi connectivity index (χ0v) is 16.0. The first-order valence-electron chi connectivity index (χ1n) is 9.00. The summed E-state index contributed by atoms with van der Waals surface area (Å²) in [5, 5.41) is 14.8. The summed E-state index contributed by atoms with van der Waals surface area (Å²) in [5.41, 5.74) is 2.35. The van der Waals surface area contributed by atoms with Crippen LogP contribution in [0.5, 0.6) is 5.88 Å². The van der Waals surface area contributed by atoms with Crippen molar-refractivity contribution in [3.8, 4) is 11.6 Å². The number of H-pyrrole nitrogens is 1. The Morgan fingerprint density at radius 2 is 1.76 bits per heavy atom. The normalized spacial score (nSPS) is 11.3. The molecule has 0 saturated heterocycles. The molecule has 3 rings (SSSR count). The van der Waals surface area contributed by atoms with Gasteiger partial charge in [0.15, 0.2) is 0 Å². The summed E-state index contributed by atoms with van der Waals surface area (Å²) in [6.07, 6.45) is 0.234. The maximum absolute atomic E-state index is 12.4. The van der Waals surface area contributed by atoms with Gasteiger partial charge >= 0.3 is 5.69 Å². The number of aromatic amines is 1. The molecule has 148 valence electrons. The zero-order chi connectivity index (χ0) is 21.0. The molecule has 1 aromatic heterocycles. The van der Waals surface area contributed by atoms with Crippen LogP contribution in [-0.2, 0) is 0 Å². The number of rotatable bonds is 5. The van der Waals surface area contributed by atoms with Crippen molar-refractivity contribution in [2.45, 2.75) is 20.3 Å². The van der Waals surface area contributed by atoms with Crippen LogP contribution in [0.4, 0.5) is 0 Å². The molecule has 29 heavy (non-hydrogen) atoms. The molecule has 0 fully saturated rings. The van der Waals surface area contributed by atoms with Gasteiger partial charge < -0.3 is 5.11 Å². The van der Waals surface area contributed by atoms with Gasteiger partial charge in [-0.3, -0.25) is 14.6 Å². The van der Waals surface area contributed by atoms with Gasteiger partial charge in [-0.25, -0.2) is 14.8 Å². The average molecular weight is 392 g/mol. The molecule has 8 heteroatoms. The summed E-state index contributed by atoms with van der Waals surface area (Å²) in [4.78, 5) is 39.2. The number of aromatic nitrogens is 2. The van der Waals surface area contributed by atoms with Crippen molar-refractivity contribution in [1.29, 1.82) is 0 Å². The van der Waals surface area contributed by atoms with Crippen LogP contribution in [-0.4, -0.2) is 26.3 Å². The molecule has 0 aliphatic carbocycles. The van der Waals surface area contributed by atoms with Crippen LogP contribution in [0.15, 0.2) is 69.3 Å². The van der Waals surface area contributed by atoms with Crippen LogP contribution in [0, 0.1) is 6.92 Å². The van der Waals surface area contributed by atoms with E-state index in [4.69, 9.17) is 0 Å². The van der Waals surface area contributed by atoms with Crippen molar-refractivity contribution in [3.63, 3.8) is 0 Å². The highest BCUT2D eigenvalue weighted by Gasteiger charge is 2.20. The Morgan fingerprint density at radius 3 is 2.41 bits per heavy atom. The van der Waals surface area contributed by atoms with Gasteiger partial charge in [-0.2, -0.15) is 5.10 Å². The summed E-state index contributed by atoms with van der Waals surface area (Å²) < 4.78 is 1.01. The molecule has 0 spiro atoms. The number of carbonyl (C=O) groups is 1. The Kier molecular flexibility index (Phi) is 5.73. The Balaban J connectivity index is 2.08. The Hall–Kier alpha value is -3.94. The molecule has 1 amide bonds. The molecule has 0 aliphatic rings. The lowest BCUT2D eigenvalue weighted by Gasteiger charge is -2.14. The fourth-order valence-electron chi connectivity index (χ4n) is 2.91. The lowest BCUT2D eigenvalue weighted by Crippen LogP contribution is -2.34. The number of hydrogen-bond donors (Lipinski definition) is 3. The Bertz CT molecular complexity index is 1190. The number of para-hydroxylation sites is 1. The van der Waals surface area contributed by atoms with Crippen molar-refractivity contribution in [2.75, 3.05) is 0 Å². The number of aromatic hydroxyl groups is 1. The highest BCUT2D eigenvalue weighted by molar-refractivity contribution is 6.03. The number of aryl methyl sites for hydroxylation is 1. The second-order valence-electron chi connectivity index (χ2n) is 6.30. The van der Waals surface area contributed by atoms with E-state index in [9.17, 15) is 19.5 Å². The lowest BCUT2D eigenvalue weighted by molar-refractivity contribution is 0.0954. The quantitative estimate of drug-likeness (QED) is 0.455. The van der Waals surface area contributed by atoms with Crippen molar-refractivity contribution in [1.82, 2.24) is 15.0 Å². The molecule has 3 aromatic rings. The molecule has 3 N–H and O–H groups in total. The third kappa shape index (κ3) is 4.01. The highest BCUT2D eigenvalue weighted by Crippen LogP contribution is 2.20. The fourth-order valence-corrected chi connectivity index (χ4v) is 2.91. The second kappa shape index (κ2) is 8.39. The van der Waals surface area contributed by atoms with Gasteiger partial charge in [0, 0.05) is 5.56 Å². The number of benzene rings is 2. The molecule has 2 aromatic carbocycles. The van der Waals surface area contributed by atoms with Gasteiger partial charge in [0.2, 0.25) is 5.88 Å². The fraction of sp³-hybridized carbons (Fsp3) is 0.143. The Labute approximate surface area is 166 Å². The van der Waals surface area contributed by atoms with E-state index in [2.05, 4.69) is 15.5 Å². The average Bonchev–Trinajstić information content (AvgIpc) is 2.72. The maximum atomic E-state index is 12.4. The van der Waals surface area contributed by atoms with Gasteiger partial charge in [0.05, 0.1) is 11.4 Å². The first kappa shape index (κ1) is 19.8. The van der Waals surface area contributed by atoms with Gasteiger partial charge in [0.25, 0.3) is 11.5 Å². The molecule has 0 bridgehead atoms. The minimum atomic E-state index is -0.785. The van der Waals surface area contributed by atoms with E-state index >= 15 is 0 Å². The molecule has 0 unspecified atom stereocenters. The van der Waals surface area contributed by atoms with Gasteiger partial charge in [0.1, 0.15) is 5.56 Å². The van der Waals surface area contributed by atoms with Crippen molar-refractivity contribution in [2.24, 2.45) is 5.10 Å². The van der Waals surface area contributed by atoms with E-state index in [1.54, 1.807) is 68.4 Å². The molecular formula is C21H20N4O4. The largest absolute Gasteiger partial charge is 0.493 e. The molecule has 0 atom stereocenters. The van der Waals surface area contributed by atoms with Crippen LogP contribution in [0.1, 0.15) is 34.8 Å². The number of nitrogens with one attached hydrogen (secondary N) is 2. The van der Waals surface area contributed by atoms with Crippen molar-refractivity contribution >= 4 is 11.6 Å². The number of hydrogen-bond acceptors (Lipinski definition) is 5. The smallest absolute Gasteiger partial charge is 0.335 e. The second-order valence-corrected chi connectivity index (χ2v) is 6.30. The molecular weight excluding hydrogens is 372 g/mol. The number of amides is 1. The summed E-state index contributed by atoms with van der Waals surface area (Å²) in [6, 6.07) is 15.4. The van der Waals surface area contributed by atoms with Crippen molar-refractivity contribution < 1.29 is 9.90 Å². The first-order valence-corrected chi connectivity index (χ1v) is 9.00. The van der Waals surface area contributed by atoms with Gasteiger partial charge in [-0.05, 0) is 37.1 Å². The maximum Gasteiger partial charge on any atom is 0.335 e. The molecule has 0 aliphatic heterocycles. The van der Waals surface area contributed by atoms with Crippen LogP contribution >= 0.6 is 0 Å². The summed E-state index contributed by atoms with van der Waals surface area (Å²) >= 11 is 0. The number of hydrazone groups is 1. The lowest BCUT2D eigenvalue weighted by atomic mass is 10.1. The minimum Gasteiger partial charge on any atom is -0.493 e. The first-order chi connectivity index (χ1) is 13.9. The van der Waals surface area contributed by atoms with Gasteiger partial charge in [-0.15, -0.1) is 0 Å². The third-order valence-corrected chi connectivity index (χ3v) is 4.39. The molecule has 8 nitrogen and oxygen atoms in total. The SMILES string of the molecule is CCC(=NNC(=O)c1ccccc1)c1c(O)n(-c2ccccc2C)c(=O)[nH]c1=O. The molecule has 0 saturated carbocycles. The predicted octanol–water partition coefficient (Wildman–Crippen LogP) is 2.08. The summed E-state index contributed by atoms with van der Waals surface area (Å²) in [7, 11) is 0. The van der Waals surface area contributed by atoms with E-state index in [1.165, 1.54) is 0 Å². The van der Waals surface area contributed by atoms with E-state index in [1.807, 2.05) is 0 Å². The van der Waals surface area contributed by atoms with Crippen LogP contribution < -0.4 is 16.7 Å². The van der Waals surface area contributed by atoms with Crippen LogP contribution in [0.25, 0.3) is 5.69 Å². The minimum absolute atomic E-state index is 0.135. The number of carbonyl (C=O) groups excluding carboxylic acids is 1. The van der Waals surface area contributed by atoms with Crippen molar-refractivity contribution in [3.05, 3.63) is 92.1 Å². The Morgan fingerprint density at radius 1 is 1.10 bits per heavy atom. The van der Waals surface area contributed by atoms with E-state index in [-0.39, 0.29) is 17.7 Å².